The van der Waals surface area contributed by atoms with Gasteiger partial charge in [0.2, 0.25) is 5.95 Å². The third-order valence-corrected chi connectivity index (χ3v) is 2.43. The van der Waals surface area contributed by atoms with Crippen molar-refractivity contribution in [1.29, 1.82) is 0 Å². The Labute approximate surface area is 77.1 Å². The van der Waals surface area contributed by atoms with Crippen molar-refractivity contribution in [3.05, 3.63) is 5.82 Å². The molecule has 1 N–H and O–H groups in total. The molecule has 13 heavy (non-hydrogen) atoms. The van der Waals surface area contributed by atoms with Crippen LogP contribution in [-0.4, -0.2) is 35.0 Å². The smallest absolute Gasteiger partial charge is 0.224 e. The molecule has 1 atom stereocenters. The van der Waals surface area contributed by atoms with Crippen molar-refractivity contribution in [2.45, 2.75) is 12.3 Å². The Morgan fingerprint density at radius 1 is 1.54 bits per heavy atom. The molecule has 0 radical (unpaired) electrons. The van der Waals surface area contributed by atoms with Crippen LogP contribution in [0.3, 0.4) is 0 Å². The van der Waals surface area contributed by atoms with Crippen LogP contribution in [0.15, 0.2) is 0 Å². The van der Waals surface area contributed by atoms with Gasteiger partial charge in [-0.1, -0.05) is 0 Å². The second kappa shape index (κ2) is 3.33. The standard InChI is InChI=1S/C8H14N4O/c1-9-8-11-10-7(12(8)2)6-3-4-13-5-6/h6H,3-5H2,1-2H3,(H,9,11). The number of rotatable bonds is 2. The van der Waals surface area contributed by atoms with E-state index in [-0.39, 0.29) is 0 Å². The van der Waals surface area contributed by atoms with E-state index >= 15 is 0 Å². The summed E-state index contributed by atoms with van der Waals surface area (Å²) in [4.78, 5) is 0. The zero-order chi connectivity index (χ0) is 9.26. The lowest BCUT2D eigenvalue weighted by Crippen LogP contribution is -2.07. The molecule has 0 bridgehead atoms. The summed E-state index contributed by atoms with van der Waals surface area (Å²) in [6.45, 7) is 1.61. The molecule has 0 aromatic carbocycles. The maximum absolute atomic E-state index is 5.31. The molecular formula is C8H14N4O. The van der Waals surface area contributed by atoms with Gasteiger partial charge in [0.25, 0.3) is 0 Å². The second-order valence-electron chi connectivity index (χ2n) is 3.25. The molecule has 1 aromatic rings. The van der Waals surface area contributed by atoms with E-state index < -0.39 is 0 Å². The molecule has 2 heterocycles. The number of anilines is 1. The first-order valence-electron chi connectivity index (χ1n) is 4.47. The van der Waals surface area contributed by atoms with Crippen LogP contribution in [0, 0.1) is 0 Å². The summed E-state index contributed by atoms with van der Waals surface area (Å²) in [7, 11) is 3.82. The van der Waals surface area contributed by atoms with Crippen molar-refractivity contribution in [2.24, 2.45) is 7.05 Å². The number of ether oxygens (including phenoxy) is 1. The van der Waals surface area contributed by atoms with E-state index in [0.717, 1.165) is 31.4 Å². The minimum absolute atomic E-state index is 0.416. The minimum Gasteiger partial charge on any atom is -0.381 e. The van der Waals surface area contributed by atoms with Gasteiger partial charge in [-0.15, -0.1) is 10.2 Å². The third-order valence-electron chi connectivity index (χ3n) is 2.43. The number of nitrogens with zero attached hydrogens (tertiary/aromatic N) is 3. The average molecular weight is 182 g/mol. The Morgan fingerprint density at radius 2 is 2.38 bits per heavy atom. The first-order valence-corrected chi connectivity index (χ1v) is 4.47. The molecule has 1 aromatic heterocycles. The van der Waals surface area contributed by atoms with E-state index in [0.29, 0.717) is 5.92 Å². The molecule has 1 aliphatic heterocycles. The summed E-state index contributed by atoms with van der Waals surface area (Å²) >= 11 is 0. The van der Waals surface area contributed by atoms with Crippen LogP contribution in [0.4, 0.5) is 5.95 Å². The first kappa shape index (κ1) is 8.50. The quantitative estimate of drug-likeness (QED) is 0.717. The normalized spacial score (nSPS) is 22.2. The van der Waals surface area contributed by atoms with Crippen LogP contribution < -0.4 is 5.32 Å². The van der Waals surface area contributed by atoms with Crippen molar-refractivity contribution >= 4 is 5.95 Å². The van der Waals surface area contributed by atoms with Gasteiger partial charge in [0, 0.05) is 26.6 Å². The minimum atomic E-state index is 0.416. The molecule has 1 aliphatic rings. The molecular weight excluding hydrogens is 168 g/mol. The molecule has 0 saturated carbocycles. The highest BCUT2D eigenvalue weighted by Crippen LogP contribution is 2.24. The lowest BCUT2D eigenvalue weighted by atomic mass is 10.1. The maximum atomic E-state index is 5.31. The van der Waals surface area contributed by atoms with Crippen LogP contribution >= 0.6 is 0 Å². The fourth-order valence-corrected chi connectivity index (χ4v) is 1.65. The number of hydrogen-bond donors (Lipinski definition) is 1. The zero-order valence-electron chi connectivity index (χ0n) is 7.95. The van der Waals surface area contributed by atoms with Gasteiger partial charge in [0.15, 0.2) is 0 Å². The average Bonchev–Trinajstić information content (AvgIpc) is 2.72. The van der Waals surface area contributed by atoms with Gasteiger partial charge >= 0.3 is 0 Å². The van der Waals surface area contributed by atoms with Crippen molar-refractivity contribution in [3.8, 4) is 0 Å². The Bertz CT molecular complexity index is 290. The highest BCUT2D eigenvalue weighted by atomic mass is 16.5. The van der Waals surface area contributed by atoms with E-state index in [9.17, 15) is 0 Å². The molecule has 2 rings (SSSR count). The maximum Gasteiger partial charge on any atom is 0.224 e. The SMILES string of the molecule is CNc1nnc(C2CCOC2)n1C. The van der Waals surface area contributed by atoms with Gasteiger partial charge in [-0.3, -0.25) is 0 Å². The van der Waals surface area contributed by atoms with Crippen LogP contribution in [0.2, 0.25) is 0 Å². The summed E-state index contributed by atoms with van der Waals surface area (Å²) in [5.74, 6) is 2.24. The monoisotopic (exact) mass is 182 g/mol. The van der Waals surface area contributed by atoms with E-state index in [1.54, 1.807) is 0 Å². The third kappa shape index (κ3) is 1.39. The molecule has 72 valence electrons. The van der Waals surface area contributed by atoms with Crippen molar-refractivity contribution in [1.82, 2.24) is 14.8 Å². The summed E-state index contributed by atoms with van der Waals surface area (Å²) in [6, 6.07) is 0. The topological polar surface area (TPSA) is 52.0 Å². The Balaban J connectivity index is 2.24. The van der Waals surface area contributed by atoms with E-state index in [2.05, 4.69) is 15.5 Å². The lowest BCUT2D eigenvalue weighted by molar-refractivity contribution is 0.193. The van der Waals surface area contributed by atoms with Gasteiger partial charge in [0.1, 0.15) is 5.82 Å². The number of nitrogens with one attached hydrogen (secondary N) is 1. The number of aromatic nitrogens is 3. The largest absolute Gasteiger partial charge is 0.381 e. The highest BCUT2D eigenvalue weighted by Gasteiger charge is 2.23. The van der Waals surface area contributed by atoms with E-state index in [1.807, 2.05) is 18.7 Å². The summed E-state index contributed by atoms with van der Waals surface area (Å²) < 4.78 is 7.29. The van der Waals surface area contributed by atoms with Gasteiger partial charge in [-0.2, -0.15) is 0 Å². The van der Waals surface area contributed by atoms with Crippen LogP contribution in [0.1, 0.15) is 18.2 Å². The van der Waals surface area contributed by atoms with Crippen LogP contribution in [-0.2, 0) is 11.8 Å². The zero-order valence-corrected chi connectivity index (χ0v) is 7.95. The molecule has 5 nitrogen and oxygen atoms in total. The van der Waals surface area contributed by atoms with Crippen LogP contribution in [0.25, 0.3) is 0 Å². The Hall–Kier alpha value is -1.10. The predicted molar refractivity (Wildman–Crippen MR) is 48.7 cm³/mol. The van der Waals surface area contributed by atoms with Gasteiger partial charge in [0.05, 0.1) is 6.61 Å². The molecule has 1 unspecified atom stereocenters. The molecule has 0 amide bonds. The summed E-state index contributed by atoms with van der Waals surface area (Å²) in [6.07, 6.45) is 1.05. The van der Waals surface area contributed by atoms with Crippen molar-refractivity contribution in [2.75, 3.05) is 25.6 Å². The fraction of sp³-hybridized carbons (Fsp3) is 0.750. The Morgan fingerprint density at radius 3 is 2.92 bits per heavy atom. The highest BCUT2D eigenvalue weighted by molar-refractivity contribution is 5.25. The molecule has 0 aliphatic carbocycles. The predicted octanol–water partition coefficient (Wildman–Crippen LogP) is 0.361. The molecule has 0 spiro atoms. The van der Waals surface area contributed by atoms with Gasteiger partial charge in [-0.25, -0.2) is 0 Å². The van der Waals surface area contributed by atoms with Gasteiger partial charge < -0.3 is 14.6 Å². The molecule has 1 saturated heterocycles. The summed E-state index contributed by atoms with van der Waals surface area (Å²) in [5.41, 5.74) is 0. The number of hydrogen-bond acceptors (Lipinski definition) is 4. The molecule has 5 heteroatoms. The van der Waals surface area contributed by atoms with Gasteiger partial charge in [-0.05, 0) is 6.42 Å². The van der Waals surface area contributed by atoms with Crippen molar-refractivity contribution < 1.29 is 4.74 Å². The van der Waals surface area contributed by atoms with E-state index in [4.69, 9.17) is 4.74 Å². The van der Waals surface area contributed by atoms with E-state index in [1.165, 1.54) is 0 Å². The molecule has 1 fully saturated rings. The Kier molecular flexibility index (Phi) is 2.18. The second-order valence-corrected chi connectivity index (χ2v) is 3.25. The van der Waals surface area contributed by atoms with Crippen LogP contribution in [0.5, 0.6) is 0 Å². The van der Waals surface area contributed by atoms with Crippen molar-refractivity contribution in [3.63, 3.8) is 0 Å². The lowest BCUT2D eigenvalue weighted by Gasteiger charge is -2.06. The summed E-state index contributed by atoms with van der Waals surface area (Å²) in [5, 5.41) is 11.2. The first-order chi connectivity index (χ1) is 6.33. The fourth-order valence-electron chi connectivity index (χ4n) is 1.65.